The van der Waals surface area contributed by atoms with Crippen LogP contribution in [0.2, 0.25) is 10.0 Å². The minimum absolute atomic E-state index is 0.0186. The predicted octanol–water partition coefficient (Wildman–Crippen LogP) is 5.18. The molecule has 0 amide bonds. The largest absolute Gasteiger partial charge is 0.454 e. The number of ether oxygens (including phenoxy) is 1. The number of fused-ring (bicyclic) bond motifs is 1. The lowest BCUT2D eigenvalue weighted by Crippen LogP contribution is -2.40. The van der Waals surface area contributed by atoms with Crippen LogP contribution in [-0.4, -0.2) is 14.4 Å². The first-order valence-corrected chi connectivity index (χ1v) is 10.9. The first-order chi connectivity index (χ1) is 14.3. The molecule has 2 N–H and O–H groups in total. The molecule has 0 aliphatic carbocycles. The standard InChI is InChI=1S/C20H14Cl2FN3O3S/c21-13-6-3-7-15(23)12(13)11-24-20-25-19-17(29-16-8-2-1-5-14(16)22)9-4-10-18(19)30(27,28)26-20/h1-10H,11H2,(H2,24,25,26). The fourth-order valence-electron chi connectivity index (χ4n) is 2.83. The number of hydrogen-bond acceptors (Lipinski definition) is 4. The second kappa shape index (κ2) is 8.14. The summed E-state index contributed by atoms with van der Waals surface area (Å²) < 4.78 is 47.5. The molecule has 3 aromatic rings. The van der Waals surface area contributed by atoms with Gasteiger partial charge in [-0.2, -0.15) is 0 Å². The molecule has 154 valence electrons. The molecule has 1 aliphatic heterocycles. The Morgan fingerprint density at radius 3 is 2.40 bits per heavy atom. The molecule has 0 bridgehead atoms. The van der Waals surface area contributed by atoms with E-state index in [0.717, 1.165) is 0 Å². The zero-order valence-corrected chi connectivity index (χ0v) is 17.5. The van der Waals surface area contributed by atoms with Crippen molar-refractivity contribution in [3.63, 3.8) is 0 Å². The number of guanidine groups is 1. The molecule has 10 heteroatoms. The van der Waals surface area contributed by atoms with Crippen molar-refractivity contribution in [2.45, 2.75) is 11.4 Å². The highest BCUT2D eigenvalue weighted by Gasteiger charge is 2.29. The minimum Gasteiger partial charge on any atom is -0.454 e. The molecule has 3 aromatic carbocycles. The monoisotopic (exact) mass is 465 g/mol. The Balaban J connectivity index is 1.70. The third-order valence-electron chi connectivity index (χ3n) is 4.27. The maximum Gasteiger partial charge on any atom is 0.266 e. The summed E-state index contributed by atoms with van der Waals surface area (Å²) in [6.07, 6.45) is 0. The molecule has 0 atom stereocenters. The highest BCUT2D eigenvalue weighted by atomic mass is 35.5. The quantitative estimate of drug-likeness (QED) is 0.555. The molecule has 0 saturated heterocycles. The van der Waals surface area contributed by atoms with Crippen LogP contribution in [0, 0.1) is 5.82 Å². The zero-order valence-electron chi connectivity index (χ0n) is 15.2. The Hall–Kier alpha value is -2.81. The molecule has 0 saturated carbocycles. The van der Waals surface area contributed by atoms with Crippen LogP contribution >= 0.6 is 23.2 Å². The zero-order chi connectivity index (χ0) is 21.3. The van der Waals surface area contributed by atoms with Gasteiger partial charge in [-0.1, -0.05) is 47.5 Å². The van der Waals surface area contributed by atoms with Gasteiger partial charge in [0.1, 0.15) is 22.1 Å². The minimum atomic E-state index is -3.92. The van der Waals surface area contributed by atoms with E-state index < -0.39 is 15.8 Å². The SMILES string of the molecule is O=S1(=O)NC(=NCc2c(F)cccc2Cl)Nc2c(Oc3ccccc3Cl)cccc21. The van der Waals surface area contributed by atoms with Gasteiger partial charge in [-0.15, -0.1) is 0 Å². The molecule has 30 heavy (non-hydrogen) atoms. The highest BCUT2D eigenvalue weighted by molar-refractivity contribution is 7.90. The third-order valence-corrected chi connectivity index (χ3v) is 6.31. The van der Waals surface area contributed by atoms with E-state index in [1.807, 2.05) is 0 Å². The number of nitrogens with one attached hydrogen (secondary N) is 2. The van der Waals surface area contributed by atoms with Crippen molar-refractivity contribution in [3.8, 4) is 11.5 Å². The summed E-state index contributed by atoms with van der Waals surface area (Å²) in [6.45, 7) is -0.167. The summed E-state index contributed by atoms with van der Waals surface area (Å²) in [5, 5.41) is 3.46. The number of rotatable bonds is 4. The molecule has 0 spiro atoms. The van der Waals surface area contributed by atoms with Gasteiger partial charge in [0, 0.05) is 10.6 Å². The van der Waals surface area contributed by atoms with Gasteiger partial charge < -0.3 is 10.1 Å². The number of hydrogen-bond donors (Lipinski definition) is 2. The lowest BCUT2D eigenvalue weighted by atomic mass is 10.2. The molecule has 6 nitrogen and oxygen atoms in total. The Morgan fingerprint density at radius 2 is 1.63 bits per heavy atom. The van der Waals surface area contributed by atoms with Gasteiger partial charge in [0.2, 0.25) is 5.96 Å². The van der Waals surface area contributed by atoms with Crippen molar-refractivity contribution in [2.75, 3.05) is 5.32 Å². The van der Waals surface area contributed by atoms with Crippen LogP contribution < -0.4 is 14.8 Å². The molecule has 4 rings (SSSR count). The van der Waals surface area contributed by atoms with E-state index in [0.29, 0.717) is 10.8 Å². The average Bonchev–Trinajstić information content (AvgIpc) is 2.69. The van der Waals surface area contributed by atoms with Crippen LogP contribution in [-0.2, 0) is 16.6 Å². The number of halogens is 3. The van der Waals surface area contributed by atoms with Crippen LogP contribution in [0.25, 0.3) is 0 Å². The fourth-order valence-corrected chi connectivity index (χ4v) is 4.38. The van der Waals surface area contributed by atoms with Crippen LogP contribution in [0.15, 0.2) is 70.6 Å². The summed E-state index contributed by atoms with van der Waals surface area (Å²) in [7, 11) is -3.92. The van der Waals surface area contributed by atoms with E-state index >= 15 is 0 Å². The third kappa shape index (κ3) is 4.07. The van der Waals surface area contributed by atoms with E-state index in [9.17, 15) is 12.8 Å². The average molecular weight is 466 g/mol. The number of anilines is 1. The van der Waals surface area contributed by atoms with Crippen molar-refractivity contribution < 1.29 is 17.5 Å². The Morgan fingerprint density at radius 1 is 0.933 bits per heavy atom. The Kier molecular flexibility index (Phi) is 5.55. The van der Waals surface area contributed by atoms with Crippen LogP contribution in [0.5, 0.6) is 11.5 Å². The number of aliphatic imine (C=N–C) groups is 1. The van der Waals surface area contributed by atoms with E-state index in [1.165, 1.54) is 24.3 Å². The van der Waals surface area contributed by atoms with E-state index in [1.54, 1.807) is 36.4 Å². The van der Waals surface area contributed by atoms with Gasteiger partial charge in [-0.25, -0.2) is 22.5 Å². The second-order valence-electron chi connectivity index (χ2n) is 6.26. The number of nitrogens with zero attached hydrogens (tertiary/aromatic N) is 1. The van der Waals surface area contributed by atoms with Gasteiger partial charge in [0.15, 0.2) is 5.75 Å². The highest BCUT2D eigenvalue weighted by Crippen LogP contribution is 2.38. The molecule has 1 aliphatic rings. The van der Waals surface area contributed by atoms with E-state index in [-0.39, 0.29) is 39.4 Å². The van der Waals surface area contributed by atoms with E-state index in [4.69, 9.17) is 27.9 Å². The lowest BCUT2D eigenvalue weighted by molar-refractivity contribution is 0.483. The second-order valence-corrected chi connectivity index (χ2v) is 8.72. The van der Waals surface area contributed by atoms with Crippen molar-refractivity contribution >= 4 is 44.9 Å². The fraction of sp³-hybridized carbons (Fsp3) is 0.0500. The summed E-state index contributed by atoms with van der Waals surface area (Å²) in [4.78, 5) is 4.13. The number of sulfonamides is 1. The maximum atomic E-state index is 14.0. The molecule has 0 unspecified atom stereocenters. The van der Waals surface area contributed by atoms with Gasteiger partial charge in [-0.3, -0.25) is 0 Å². The smallest absolute Gasteiger partial charge is 0.266 e. The van der Waals surface area contributed by atoms with Crippen molar-refractivity contribution in [1.29, 1.82) is 0 Å². The molecule has 0 radical (unpaired) electrons. The number of benzene rings is 3. The van der Waals surface area contributed by atoms with Crippen molar-refractivity contribution in [3.05, 3.63) is 82.1 Å². The first kappa shape index (κ1) is 20.5. The summed E-state index contributed by atoms with van der Waals surface area (Å²) in [5.74, 6) is -0.0186. The lowest BCUT2D eigenvalue weighted by Gasteiger charge is -2.23. The number of para-hydroxylation sites is 2. The summed E-state index contributed by atoms with van der Waals surface area (Å²) in [5.41, 5.74) is 0.341. The predicted molar refractivity (Wildman–Crippen MR) is 114 cm³/mol. The van der Waals surface area contributed by atoms with Crippen LogP contribution in [0.1, 0.15) is 5.56 Å². The molecule has 0 aromatic heterocycles. The van der Waals surface area contributed by atoms with Crippen LogP contribution in [0.3, 0.4) is 0 Å². The molecular formula is C20H14Cl2FN3O3S. The van der Waals surface area contributed by atoms with Crippen LogP contribution in [0.4, 0.5) is 10.1 Å². The Labute approximate surface area is 182 Å². The molecular weight excluding hydrogens is 452 g/mol. The van der Waals surface area contributed by atoms with Gasteiger partial charge in [-0.05, 0) is 36.4 Å². The molecule has 1 heterocycles. The van der Waals surface area contributed by atoms with Gasteiger partial charge in [0.25, 0.3) is 10.0 Å². The normalized spacial score (nSPS) is 15.8. The summed E-state index contributed by atoms with van der Waals surface area (Å²) >= 11 is 12.2. The Bertz CT molecular complexity index is 1250. The molecule has 0 fully saturated rings. The van der Waals surface area contributed by atoms with Gasteiger partial charge in [0.05, 0.1) is 11.6 Å². The first-order valence-electron chi connectivity index (χ1n) is 8.68. The van der Waals surface area contributed by atoms with E-state index in [2.05, 4.69) is 15.0 Å². The maximum absolute atomic E-state index is 14.0. The van der Waals surface area contributed by atoms with Crippen molar-refractivity contribution in [2.24, 2.45) is 4.99 Å². The van der Waals surface area contributed by atoms with Crippen molar-refractivity contribution in [1.82, 2.24) is 4.72 Å². The van der Waals surface area contributed by atoms with Gasteiger partial charge >= 0.3 is 0 Å². The topological polar surface area (TPSA) is 79.8 Å². The summed E-state index contributed by atoms with van der Waals surface area (Å²) in [6, 6.07) is 15.6.